The van der Waals surface area contributed by atoms with E-state index in [-0.39, 0.29) is 0 Å². The highest BCUT2D eigenvalue weighted by atomic mass is 31.3. The summed E-state index contributed by atoms with van der Waals surface area (Å²) in [6.45, 7) is -1.32. The number of nitro benzene ring substituents is 3. The van der Waals surface area contributed by atoms with Crippen molar-refractivity contribution in [1.82, 2.24) is 19.5 Å². The van der Waals surface area contributed by atoms with Gasteiger partial charge < -0.3 is 39.9 Å². The zero-order chi connectivity index (χ0) is 35.2. The van der Waals surface area contributed by atoms with E-state index < -0.39 is 115 Å². The van der Waals surface area contributed by atoms with E-state index in [9.17, 15) is 63.7 Å². The van der Waals surface area contributed by atoms with Gasteiger partial charge in [-0.15, -0.1) is 0 Å². The van der Waals surface area contributed by atoms with Crippen molar-refractivity contribution in [2.45, 2.75) is 24.5 Å². The first-order chi connectivity index (χ1) is 21.6. The van der Waals surface area contributed by atoms with Crippen molar-refractivity contribution in [3.05, 3.63) is 59.2 Å². The molecule has 2 aromatic heterocycles. The number of aliphatic hydroxyl groups is 1. The largest absolute Gasteiger partial charge is 0.490 e. The molecule has 2 unspecified atom stereocenters. The minimum absolute atomic E-state index is 0.306. The molecule has 1 fully saturated rings. The second-order valence-corrected chi connectivity index (χ2v) is 13.3. The van der Waals surface area contributed by atoms with Gasteiger partial charge in [-0.25, -0.2) is 18.7 Å². The molecule has 0 amide bonds. The molecule has 1 aromatic carbocycles. The predicted molar refractivity (Wildman–Crippen MR) is 143 cm³/mol. The Morgan fingerprint density at radius 1 is 1.00 bits per heavy atom. The maximum absolute atomic E-state index is 12.3. The molecular formula is C16H17N8O20P3. The number of imidazole rings is 1. The lowest BCUT2D eigenvalue weighted by atomic mass is 10.1. The normalized spacial score (nSPS) is 22.4. The Bertz CT molecular complexity index is 1940. The lowest BCUT2D eigenvalue weighted by molar-refractivity contribution is -0.404. The molecule has 3 aromatic rings. The van der Waals surface area contributed by atoms with Crippen molar-refractivity contribution in [2.24, 2.45) is 0 Å². The third-order valence-corrected chi connectivity index (χ3v) is 9.55. The quantitative estimate of drug-likeness (QED) is 0.0659. The fourth-order valence-corrected chi connectivity index (χ4v) is 7.05. The summed E-state index contributed by atoms with van der Waals surface area (Å²) in [4.78, 5) is 89.6. The molecule has 0 spiro atoms. The molecule has 0 radical (unpaired) electrons. The number of hydrogen-bond acceptors (Lipinski definition) is 19. The second kappa shape index (κ2) is 12.7. The average Bonchev–Trinajstić information content (AvgIpc) is 3.45. The van der Waals surface area contributed by atoms with Crippen LogP contribution in [0.15, 0.2) is 23.3 Å². The number of aromatic amines is 1. The van der Waals surface area contributed by atoms with Crippen LogP contribution in [0.25, 0.3) is 11.2 Å². The van der Waals surface area contributed by atoms with Gasteiger partial charge in [0, 0.05) is 0 Å². The van der Waals surface area contributed by atoms with E-state index in [0.717, 1.165) is 10.9 Å². The van der Waals surface area contributed by atoms with Gasteiger partial charge in [-0.05, 0) is 0 Å². The third kappa shape index (κ3) is 7.99. The number of nitrogen functional groups attached to an aromatic ring is 1. The summed E-state index contributed by atoms with van der Waals surface area (Å²) in [5, 5.41) is 45.9. The Balaban J connectivity index is 1.76. The van der Waals surface area contributed by atoms with Gasteiger partial charge in [-0.3, -0.25) is 49.2 Å². The molecule has 1 saturated heterocycles. The number of nitrogens with zero attached hydrogens (tertiary/aromatic N) is 6. The van der Waals surface area contributed by atoms with Crippen LogP contribution >= 0.6 is 23.5 Å². The average molecular weight is 734 g/mol. The number of anilines is 1. The first-order valence-corrected chi connectivity index (χ1v) is 16.2. The number of rotatable bonds is 13. The van der Waals surface area contributed by atoms with E-state index in [0.29, 0.717) is 12.1 Å². The molecule has 3 heterocycles. The van der Waals surface area contributed by atoms with Crippen LogP contribution in [0.5, 0.6) is 5.75 Å². The molecule has 8 N–H and O–H groups in total. The van der Waals surface area contributed by atoms with Crippen LogP contribution in [0, 0.1) is 30.3 Å². The number of fused-ring (bicyclic) bond motifs is 1. The lowest BCUT2D eigenvalue weighted by Gasteiger charge is -2.22. The summed E-state index contributed by atoms with van der Waals surface area (Å²) in [5.41, 5.74) is 0.121. The second-order valence-electron chi connectivity index (χ2n) is 8.88. The van der Waals surface area contributed by atoms with E-state index in [1.165, 1.54) is 0 Å². The Morgan fingerprint density at radius 2 is 1.60 bits per heavy atom. The molecule has 1 aliphatic heterocycles. The van der Waals surface area contributed by atoms with Crippen LogP contribution in [0.1, 0.15) is 6.23 Å². The fraction of sp³-hybridized carbons (Fsp3) is 0.312. The highest BCUT2D eigenvalue weighted by Gasteiger charge is 2.50. The number of H-pyrrole nitrogens is 1. The van der Waals surface area contributed by atoms with E-state index in [4.69, 9.17) is 25.0 Å². The number of nitrogens with one attached hydrogen (secondary N) is 1. The van der Waals surface area contributed by atoms with Crippen LogP contribution in [-0.4, -0.2) is 83.9 Å². The molecule has 4 rings (SSSR count). The maximum Gasteiger partial charge on any atom is 0.490 e. The predicted octanol–water partition coefficient (Wildman–Crippen LogP) is -0.524. The van der Waals surface area contributed by atoms with Crippen molar-refractivity contribution in [2.75, 3.05) is 12.3 Å². The SMILES string of the molecule is Nc1nc2c(ncn2[C@@H]2O[C@H](COP(=O)(O)OP(=O)(O)OP(=O)(O)O)[C@@H](O)[C@H]2Oc2c([N+](=O)[O-])cc([N+](=O)[O-])cc2[N+](=O)[O-])c(=O)[nH]1. The Kier molecular flexibility index (Phi) is 9.62. The summed E-state index contributed by atoms with van der Waals surface area (Å²) < 4.78 is 58.2. The molecule has 1 aliphatic rings. The Hall–Kier alpha value is -4.30. The molecular weight excluding hydrogens is 717 g/mol. The van der Waals surface area contributed by atoms with Crippen LogP contribution in [0.4, 0.5) is 23.0 Å². The Morgan fingerprint density at radius 3 is 2.13 bits per heavy atom. The van der Waals surface area contributed by atoms with Gasteiger partial charge in [0.25, 0.3) is 17.0 Å². The summed E-state index contributed by atoms with van der Waals surface area (Å²) >= 11 is 0. The van der Waals surface area contributed by atoms with Gasteiger partial charge in [0.05, 0.1) is 39.8 Å². The van der Waals surface area contributed by atoms with E-state index in [2.05, 4.69) is 28.1 Å². The standard InChI is InChI=1S/C16H17N8O20P3/c17-16-19-13-9(14(26)20-16)18-4-21(13)15-12(42-11-6(23(29)30)1-5(22(27)28)2-7(11)24(31)32)10(25)8(41-15)3-40-46(36,37)44-47(38,39)43-45(33,34)35/h1-2,4,8,10,12,15,25H,3H2,(H,36,37)(H,38,39)(H2,33,34,35)(H3,17,19,20,26)/t8-,10-,12-,15-/m1/s1. The van der Waals surface area contributed by atoms with Crippen molar-refractivity contribution >= 4 is 57.6 Å². The van der Waals surface area contributed by atoms with Gasteiger partial charge in [0.1, 0.15) is 12.2 Å². The molecule has 256 valence electrons. The Labute approximate surface area is 255 Å². The molecule has 0 aliphatic carbocycles. The smallest absolute Gasteiger partial charge is 0.471 e. The fourth-order valence-electron chi connectivity index (χ4n) is 4.02. The zero-order valence-corrected chi connectivity index (χ0v) is 24.9. The number of aliphatic hydroxyl groups excluding tert-OH is 1. The van der Waals surface area contributed by atoms with Gasteiger partial charge in [-0.1, -0.05) is 0 Å². The third-order valence-electron chi connectivity index (χ3n) is 5.75. The van der Waals surface area contributed by atoms with Gasteiger partial charge in [0.2, 0.25) is 5.95 Å². The lowest BCUT2D eigenvalue weighted by Crippen LogP contribution is -2.38. The number of ether oxygens (including phenoxy) is 2. The number of nitro groups is 3. The zero-order valence-electron chi connectivity index (χ0n) is 22.2. The highest BCUT2D eigenvalue weighted by molar-refractivity contribution is 7.66. The minimum atomic E-state index is -5.97. The summed E-state index contributed by atoms with van der Waals surface area (Å²) in [7, 11) is -17.5. The van der Waals surface area contributed by atoms with Gasteiger partial charge in [0.15, 0.2) is 23.5 Å². The first kappa shape index (κ1) is 35.6. The molecule has 47 heavy (non-hydrogen) atoms. The summed E-state index contributed by atoms with van der Waals surface area (Å²) in [5.74, 6) is -1.72. The molecule has 6 atom stereocenters. The van der Waals surface area contributed by atoms with Crippen LogP contribution in [-0.2, 0) is 31.6 Å². The monoisotopic (exact) mass is 734 g/mol. The van der Waals surface area contributed by atoms with Crippen LogP contribution < -0.4 is 16.0 Å². The molecule has 28 nitrogen and oxygen atoms in total. The van der Waals surface area contributed by atoms with Crippen LogP contribution in [0.2, 0.25) is 0 Å². The molecule has 31 heteroatoms. The maximum atomic E-state index is 12.3. The first-order valence-electron chi connectivity index (χ1n) is 11.7. The van der Waals surface area contributed by atoms with Crippen molar-refractivity contribution in [3.8, 4) is 5.75 Å². The number of hydrogen-bond donors (Lipinski definition) is 7. The summed E-state index contributed by atoms with van der Waals surface area (Å²) in [6.07, 6.45) is -7.26. The van der Waals surface area contributed by atoms with E-state index in [1.54, 1.807) is 0 Å². The van der Waals surface area contributed by atoms with E-state index in [1.807, 2.05) is 0 Å². The van der Waals surface area contributed by atoms with Gasteiger partial charge in [-0.2, -0.15) is 13.6 Å². The van der Waals surface area contributed by atoms with Gasteiger partial charge >= 0.3 is 34.8 Å². The number of nitrogens with two attached hydrogens (primary N) is 1. The van der Waals surface area contributed by atoms with Crippen molar-refractivity contribution in [1.29, 1.82) is 0 Å². The number of phosphoric ester groups is 1. The number of phosphoric acid groups is 3. The van der Waals surface area contributed by atoms with Crippen molar-refractivity contribution in [3.63, 3.8) is 0 Å². The summed E-state index contributed by atoms with van der Waals surface area (Å²) in [6, 6.07) is 0.613. The number of non-ortho nitro benzene ring substituents is 1. The number of benzene rings is 1. The van der Waals surface area contributed by atoms with Crippen LogP contribution in [0.3, 0.4) is 0 Å². The molecule has 0 bridgehead atoms. The van der Waals surface area contributed by atoms with Crippen molar-refractivity contribution < 1.29 is 75.8 Å². The topological polar surface area (TPSA) is 418 Å². The van der Waals surface area contributed by atoms with E-state index >= 15 is 0 Å². The number of aromatic nitrogens is 4. The minimum Gasteiger partial charge on any atom is -0.471 e. The highest BCUT2D eigenvalue weighted by Crippen LogP contribution is 2.66. The molecule has 0 saturated carbocycles.